The quantitative estimate of drug-likeness (QED) is 0.378. The van der Waals surface area contributed by atoms with Crippen LogP contribution in [-0.4, -0.2) is 19.1 Å². The Morgan fingerprint density at radius 3 is 2.78 bits per heavy atom. The van der Waals surface area contributed by atoms with Crippen molar-refractivity contribution in [2.24, 2.45) is 12.9 Å². The van der Waals surface area contributed by atoms with Gasteiger partial charge in [-0.15, -0.1) is 0 Å². The lowest BCUT2D eigenvalue weighted by Gasteiger charge is -2.06. The van der Waals surface area contributed by atoms with Crippen molar-refractivity contribution in [3.63, 3.8) is 0 Å². The third-order valence-corrected chi connectivity index (χ3v) is 2.56. The van der Waals surface area contributed by atoms with E-state index >= 15 is 0 Å². The number of rotatable bonds is 3. The Morgan fingerprint density at radius 1 is 1.56 bits per heavy atom. The molecule has 2 aromatic rings. The number of aromatic amines is 1. The summed E-state index contributed by atoms with van der Waals surface area (Å²) in [4.78, 5) is 29.7. The second kappa shape index (κ2) is 4.15. The van der Waals surface area contributed by atoms with E-state index in [1.54, 1.807) is 4.57 Å². The van der Waals surface area contributed by atoms with Crippen LogP contribution in [0.5, 0.6) is 0 Å². The molecule has 2 heterocycles. The maximum atomic E-state index is 11.9. The first kappa shape index (κ1) is 12.1. The molecule has 0 bridgehead atoms. The van der Waals surface area contributed by atoms with Gasteiger partial charge in [-0.25, -0.2) is 10.6 Å². The van der Waals surface area contributed by atoms with Crippen molar-refractivity contribution < 1.29 is 0 Å². The van der Waals surface area contributed by atoms with Gasteiger partial charge < -0.3 is 0 Å². The number of aromatic nitrogens is 4. The summed E-state index contributed by atoms with van der Waals surface area (Å²) < 4.78 is 2.84. The van der Waals surface area contributed by atoms with E-state index in [0.29, 0.717) is 12.5 Å². The summed E-state index contributed by atoms with van der Waals surface area (Å²) in [6, 6.07) is 0. The first-order valence-corrected chi connectivity index (χ1v) is 5.26. The molecule has 0 fully saturated rings. The average molecular weight is 250 g/mol. The smallest absolute Gasteiger partial charge is 0.299 e. The van der Waals surface area contributed by atoms with E-state index < -0.39 is 11.2 Å². The molecule has 2 rings (SSSR count). The highest BCUT2D eigenvalue weighted by atomic mass is 16.2. The standard InChI is InChI=1S/C10H14N6O2/c1-5(2)4-16-6-7(12-9(16)14-11)15(3)10(18)13-8(6)17/h1,4,11H2,2-3H3,(H,12,14)(H,13,17,18). The van der Waals surface area contributed by atoms with Crippen molar-refractivity contribution in [3.05, 3.63) is 33.0 Å². The van der Waals surface area contributed by atoms with Gasteiger partial charge in [-0.05, 0) is 6.92 Å². The number of nitrogens with two attached hydrogens (primary N) is 1. The number of H-pyrrole nitrogens is 1. The number of imidazole rings is 1. The highest BCUT2D eigenvalue weighted by Gasteiger charge is 2.16. The van der Waals surface area contributed by atoms with Gasteiger partial charge in [-0.2, -0.15) is 4.98 Å². The van der Waals surface area contributed by atoms with Crippen molar-refractivity contribution >= 4 is 17.1 Å². The average Bonchev–Trinajstić information content (AvgIpc) is 2.64. The van der Waals surface area contributed by atoms with E-state index in [4.69, 9.17) is 5.84 Å². The molecular weight excluding hydrogens is 236 g/mol. The lowest BCUT2D eigenvalue weighted by atomic mass is 10.3. The fourth-order valence-corrected chi connectivity index (χ4v) is 1.77. The molecule has 18 heavy (non-hydrogen) atoms. The van der Waals surface area contributed by atoms with Crippen molar-refractivity contribution in [3.8, 4) is 0 Å². The Morgan fingerprint density at radius 2 is 2.22 bits per heavy atom. The predicted octanol–water partition coefficient (Wildman–Crippen LogP) is -0.715. The largest absolute Gasteiger partial charge is 0.329 e. The highest BCUT2D eigenvalue weighted by molar-refractivity contribution is 5.74. The normalized spacial score (nSPS) is 10.8. The number of fused-ring (bicyclic) bond motifs is 1. The van der Waals surface area contributed by atoms with Gasteiger partial charge >= 0.3 is 5.69 Å². The zero-order valence-electron chi connectivity index (χ0n) is 10.1. The fourth-order valence-electron chi connectivity index (χ4n) is 1.77. The van der Waals surface area contributed by atoms with Gasteiger partial charge in [0.15, 0.2) is 11.2 Å². The van der Waals surface area contributed by atoms with E-state index in [-0.39, 0.29) is 11.2 Å². The minimum Gasteiger partial charge on any atom is -0.299 e. The van der Waals surface area contributed by atoms with Gasteiger partial charge in [0, 0.05) is 13.6 Å². The van der Waals surface area contributed by atoms with Crippen LogP contribution in [0.3, 0.4) is 0 Å². The van der Waals surface area contributed by atoms with E-state index in [2.05, 4.69) is 22.0 Å². The molecule has 2 aromatic heterocycles. The van der Waals surface area contributed by atoms with E-state index in [1.165, 1.54) is 11.6 Å². The molecular formula is C10H14N6O2. The van der Waals surface area contributed by atoms with Crippen LogP contribution in [0.4, 0.5) is 5.95 Å². The summed E-state index contributed by atoms with van der Waals surface area (Å²) in [5.74, 6) is 5.67. The van der Waals surface area contributed by atoms with Gasteiger partial charge in [0.2, 0.25) is 5.95 Å². The highest BCUT2D eigenvalue weighted by Crippen LogP contribution is 2.15. The van der Waals surface area contributed by atoms with Gasteiger partial charge in [0.1, 0.15) is 0 Å². The van der Waals surface area contributed by atoms with Crippen molar-refractivity contribution in [1.29, 1.82) is 0 Å². The minimum absolute atomic E-state index is 0.276. The summed E-state index contributed by atoms with van der Waals surface area (Å²) >= 11 is 0. The number of anilines is 1. The lowest BCUT2D eigenvalue weighted by Crippen LogP contribution is -2.29. The van der Waals surface area contributed by atoms with Crippen LogP contribution in [0.25, 0.3) is 11.2 Å². The predicted molar refractivity (Wildman–Crippen MR) is 68.2 cm³/mol. The number of hydrogen-bond donors (Lipinski definition) is 3. The molecule has 0 amide bonds. The molecule has 0 aromatic carbocycles. The molecule has 8 heteroatoms. The number of hydrazine groups is 1. The maximum Gasteiger partial charge on any atom is 0.329 e. The zero-order chi connectivity index (χ0) is 13.4. The number of nitrogens with zero attached hydrogens (tertiary/aromatic N) is 3. The summed E-state index contributed by atoms with van der Waals surface area (Å²) in [6.45, 7) is 5.99. The van der Waals surface area contributed by atoms with Gasteiger partial charge in [0.25, 0.3) is 5.56 Å². The molecule has 4 N–H and O–H groups in total. The summed E-state index contributed by atoms with van der Waals surface area (Å²) in [7, 11) is 1.53. The molecule has 8 nitrogen and oxygen atoms in total. The number of nitrogen functional groups attached to an aromatic ring is 1. The monoisotopic (exact) mass is 250 g/mol. The van der Waals surface area contributed by atoms with E-state index in [1.807, 2.05) is 6.92 Å². The molecule has 0 saturated carbocycles. The summed E-state index contributed by atoms with van der Waals surface area (Å²) in [5.41, 5.74) is 2.79. The van der Waals surface area contributed by atoms with Crippen LogP contribution in [0.2, 0.25) is 0 Å². The Bertz CT molecular complexity index is 735. The van der Waals surface area contributed by atoms with E-state index in [9.17, 15) is 9.59 Å². The van der Waals surface area contributed by atoms with Crippen molar-refractivity contribution in [2.45, 2.75) is 13.5 Å². The first-order chi connectivity index (χ1) is 8.45. The third-order valence-electron chi connectivity index (χ3n) is 2.56. The zero-order valence-corrected chi connectivity index (χ0v) is 10.1. The van der Waals surface area contributed by atoms with Gasteiger partial charge in [-0.1, -0.05) is 12.2 Å². The van der Waals surface area contributed by atoms with Crippen LogP contribution in [-0.2, 0) is 13.6 Å². The SMILES string of the molecule is C=C(C)Cn1c(NN)nc2c1c(=O)[nH]c(=O)n2C. The summed E-state index contributed by atoms with van der Waals surface area (Å²) in [5, 5.41) is 0. The second-order valence-electron chi connectivity index (χ2n) is 4.11. The number of aryl methyl sites for hydroxylation is 1. The summed E-state index contributed by atoms with van der Waals surface area (Å²) in [6.07, 6.45) is 0. The van der Waals surface area contributed by atoms with Gasteiger partial charge in [0.05, 0.1) is 0 Å². The number of allylic oxidation sites excluding steroid dienone is 1. The lowest BCUT2D eigenvalue weighted by molar-refractivity contribution is 0.799. The van der Waals surface area contributed by atoms with Crippen molar-refractivity contribution in [2.75, 3.05) is 5.43 Å². The fraction of sp³-hybridized carbons (Fsp3) is 0.300. The first-order valence-electron chi connectivity index (χ1n) is 5.26. The van der Waals surface area contributed by atoms with Gasteiger partial charge in [-0.3, -0.25) is 24.3 Å². The Balaban J connectivity index is 2.91. The Kier molecular flexibility index (Phi) is 2.79. The van der Waals surface area contributed by atoms with Crippen LogP contribution < -0.4 is 22.5 Å². The maximum absolute atomic E-state index is 11.9. The van der Waals surface area contributed by atoms with Crippen molar-refractivity contribution in [1.82, 2.24) is 19.1 Å². The minimum atomic E-state index is -0.518. The molecule has 0 saturated heterocycles. The molecule has 96 valence electrons. The molecule has 0 spiro atoms. The topological polar surface area (TPSA) is 111 Å². The molecule has 0 aliphatic heterocycles. The van der Waals surface area contributed by atoms with Crippen LogP contribution in [0.15, 0.2) is 21.7 Å². The molecule has 0 atom stereocenters. The molecule has 0 aliphatic carbocycles. The molecule has 0 unspecified atom stereocenters. The van der Waals surface area contributed by atoms with Crippen LogP contribution in [0.1, 0.15) is 6.92 Å². The second-order valence-corrected chi connectivity index (χ2v) is 4.11. The van der Waals surface area contributed by atoms with Crippen LogP contribution in [0, 0.1) is 0 Å². The number of hydrogen-bond acceptors (Lipinski definition) is 5. The Hall–Kier alpha value is -2.35. The Labute approximate surface area is 102 Å². The third kappa shape index (κ3) is 1.72. The number of nitrogens with one attached hydrogen (secondary N) is 2. The molecule has 0 aliphatic rings. The van der Waals surface area contributed by atoms with Crippen LogP contribution >= 0.6 is 0 Å². The molecule has 0 radical (unpaired) electrons. The van der Waals surface area contributed by atoms with E-state index in [0.717, 1.165) is 5.57 Å².